The fourth-order valence-electron chi connectivity index (χ4n) is 5.69. The van der Waals surface area contributed by atoms with E-state index in [0.717, 1.165) is 59.8 Å². The summed E-state index contributed by atoms with van der Waals surface area (Å²) < 4.78 is 11.9. The van der Waals surface area contributed by atoms with Gasteiger partial charge >= 0.3 is 12.1 Å². The number of unbranched alkanes of at least 4 members (excludes halogenated alkanes) is 1. The van der Waals surface area contributed by atoms with Crippen molar-refractivity contribution in [2.75, 3.05) is 13.2 Å². The molecule has 2 aliphatic rings. The molecule has 0 aliphatic carbocycles. The van der Waals surface area contributed by atoms with E-state index in [4.69, 9.17) is 14.5 Å². The number of aliphatic carboxylic acids is 1. The minimum absolute atomic E-state index is 0.0826. The highest BCUT2D eigenvalue weighted by Crippen LogP contribution is 2.34. The molecule has 2 aromatic carbocycles. The van der Waals surface area contributed by atoms with Gasteiger partial charge in [-0.25, -0.2) is 14.6 Å². The summed E-state index contributed by atoms with van der Waals surface area (Å²) in [4.78, 5) is 44.9. The van der Waals surface area contributed by atoms with Gasteiger partial charge in [0, 0.05) is 23.4 Å². The molecule has 2 aliphatic heterocycles. The van der Waals surface area contributed by atoms with Crippen molar-refractivity contribution in [3.05, 3.63) is 66.2 Å². The highest BCUT2D eigenvalue weighted by atomic mass is 16.5. The van der Waals surface area contributed by atoms with Crippen LogP contribution in [-0.2, 0) is 14.3 Å². The van der Waals surface area contributed by atoms with E-state index in [1.54, 1.807) is 0 Å². The van der Waals surface area contributed by atoms with Crippen LogP contribution in [0.5, 0.6) is 5.75 Å². The van der Waals surface area contributed by atoms with Crippen LogP contribution in [0.15, 0.2) is 60.7 Å². The van der Waals surface area contributed by atoms with Gasteiger partial charge < -0.3 is 24.8 Å². The van der Waals surface area contributed by atoms with Crippen LogP contribution in [0.2, 0.25) is 0 Å². The van der Waals surface area contributed by atoms with Gasteiger partial charge in [0.05, 0.1) is 24.4 Å². The summed E-state index contributed by atoms with van der Waals surface area (Å²) in [5.74, 6) is -0.955. The van der Waals surface area contributed by atoms with Crippen LogP contribution < -0.4 is 10.1 Å². The van der Waals surface area contributed by atoms with Crippen LogP contribution >= 0.6 is 0 Å². The quantitative estimate of drug-likeness (QED) is 0.366. The van der Waals surface area contributed by atoms with Crippen molar-refractivity contribution in [2.24, 2.45) is 0 Å². The van der Waals surface area contributed by atoms with Crippen molar-refractivity contribution in [2.45, 2.75) is 76.5 Å². The number of nitrogens with zero attached hydrogens (tertiary/aromatic N) is 2. The molecule has 5 rings (SSSR count). The number of allylic oxidation sites excluding steroid dienone is 1. The summed E-state index contributed by atoms with van der Waals surface area (Å²) in [5.41, 5.74) is 3.44. The predicted molar refractivity (Wildman–Crippen MR) is 165 cm³/mol. The third kappa shape index (κ3) is 7.52. The van der Waals surface area contributed by atoms with Crippen molar-refractivity contribution < 1.29 is 29.0 Å². The second kappa shape index (κ2) is 14.2. The molecule has 0 spiro atoms. The van der Waals surface area contributed by atoms with Crippen LogP contribution in [0.1, 0.15) is 63.9 Å². The predicted octanol–water partition coefficient (Wildman–Crippen LogP) is 6.21. The van der Waals surface area contributed by atoms with Gasteiger partial charge in [0.15, 0.2) is 0 Å². The molecule has 3 atom stereocenters. The third-order valence-corrected chi connectivity index (χ3v) is 7.98. The first-order chi connectivity index (χ1) is 20.9. The highest BCUT2D eigenvalue weighted by Gasteiger charge is 2.43. The number of carbonyl (C=O) groups excluding carboxylic acids is 2. The standard InChI is InChI=1S/C34H39N3O6/c1-2-3-15-28-32(38)37-22-25(20-30(37)33(39)40)43-31-21-29(24-13-9-7-10-14-24)35-27-17-16-23(19-26(27)31)12-8-5-4-6-11-18-42-34(41)36-28/h7-10,12-14,16-17,19,21,25,28,30H,2-6,11,15,18,20,22H2,1H3,(H,36,41)(H,39,40)/b12-8+/t25-,28+,30+/m1/s1. The molecule has 3 aromatic rings. The fourth-order valence-corrected chi connectivity index (χ4v) is 5.69. The Kier molecular flexibility index (Phi) is 9.92. The molecule has 226 valence electrons. The van der Waals surface area contributed by atoms with Gasteiger partial charge in [0.25, 0.3) is 0 Å². The maximum absolute atomic E-state index is 13.7. The molecular weight excluding hydrogens is 546 g/mol. The van der Waals surface area contributed by atoms with Gasteiger partial charge in [0.1, 0.15) is 23.9 Å². The lowest BCUT2D eigenvalue weighted by Gasteiger charge is -2.27. The van der Waals surface area contributed by atoms with E-state index < -0.39 is 36.2 Å². The Bertz CT molecular complexity index is 1470. The Morgan fingerprint density at radius 1 is 1.09 bits per heavy atom. The number of aromatic nitrogens is 1. The molecule has 0 unspecified atom stereocenters. The van der Waals surface area contributed by atoms with E-state index in [9.17, 15) is 19.5 Å². The number of carboxylic acids is 1. The molecule has 9 heteroatoms. The Hall–Kier alpha value is -4.40. The monoisotopic (exact) mass is 585 g/mol. The molecule has 3 heterocycles. The summed E-state index contributed by atoms with van der Waals surface area (Å²) >= 11 is 0. The second-order valence-electron chi connectivity index (χ2n) is 11.2. The number of carbonyl (C=O) groups is 3. The number of cyclic esters (lactones) is 1. The second-order valence-corrected chi connectivity index (χ2v) is 11.2. The number of pyridine rings is 1. The molecule has 1 saturated heterocycles. The number of amides is 2. The summed E-state index contributed by atoms with van der Waals surface area (Å²) in [5, 5.41) is 13.6. The number of fused-ring (bicyclic) bond motifs is 3. The van der Waals surface area contributed by atoms with Gasteiger partial charge in [-0.2, -0.15) is 0 Å². The molecule has 1 fully saturated rings. The maximum Gasteiger partial charge on any atom is 0.407 e. The lowest BCUT2D eigenvalue weighted by Crippen LogP contribution is -2.52. The van der Waals surface area contributed by atoms with Gasteiger partial charge in [0.2, 0.25) is 5.91 Å². The topological polar surface area (TPSA) is 118 Å². The number of carboxylic acid groups (broad SMARTS) is 1. The molecule has 43 heavy (non-hydrogen) atoms. The van der Waals surface area contributed by atoms with Crippen molar-refractivity contribution in [1.82, 2.24) is 15.2 Å². The van der Waals surface area contributed by atoms with Crippen molar-refractivity contribution in [3.8, 4) is 17.0 Å². The van der Waals surface area contributed by atoms with Gasteiger partial charge in [-0.3, -0.25) is 4.79 Å². The van der Waals surface area contributed by atoms with Crippen LogP contribution in [0.3, 0.4) is 0 Å². The van der Waals surface area contributed by atoms with Crippen LogP contribution in [0, 0.1) is 0 Å². The molecule has 1 aromatic heterocycles. The average molecular weight is 586 g/mol. The Morgan fingerprint density at radius 3 is 2.72 bits per heavy atom. The number of rotatable bonds is 5. The first-order valence-corrected chi connectivity index (χ1v) is 15.2. The smallest absolute Gasteiger partial charge is 0.407 e. The Morgan fingerprint density at radius 2 is 1.93 bits per heavy atom. The van der Waals surface area contributed by atoms with Crippen molar-refractivity contribution in [3.63, 3.8) is 0 Å². The number of alkyl carbamates (subject to hydrolysis) is 1. The van der Waals surface area contributed by atoms with Crippen molar-refractivity contribution in [1.29, 1.82) is 0 Å². The SMILES string of the molecule is CCCC[C@@H]1NC(=O)OCCCCC/C=C/c2ccc3nc(-c4ccccc4)cc(c3c2)O[C@@H]2C[C@@H](C(=O)O)N(C2)C1=O. The van der Waals surface area contributed by atoms with Gasteiger partial charge in [-0.1, -0.05) is 68.3 Å². The van der Waals surface area contributed by atoms with Crippen LogP contribution in [0.4, 0.5) is 4.79 Å². The minimum atomic E-state index is -1.10. The highest BCUT2D eigenvalue weighted by molar-refractivity contribution is 5.91. The first kappa shape index (κ1) is 30.1. The molecule has 2 N–H and O–H groups in total. The van der Waals surface area contributed by atoms with Gasteiger partial charge in [-0.15, -0.1) is 0 Å². The van der Waals surface area contributed by atoms with E-state index in [-0.39, 0.29) is 19.6 Å². The lowest BCUT2D eigenvalue weighted by molar-refractivity contribution is -0.149. The maximum atomic E-state index is 13.7. The normalized spacial score (nSPS) is 22.4. The van der Waals surface area contributed by atoms with E-state index in [1.807, 2.05) is 61.5 Å². The van der Waals surface area contributed by atoms with E-state index in [1.165, 1.54) is 4.90 Å². The largest absolute Gasteiger partial charge is 0.488 e. The molecule has 2 amide bonds. The summed E-state index contributed by atoms with van der Waals surface area (Å²) in [6.07, 6.45) is 8.47. The summed E-state index contributed by atoms with van der Waals surface area (Å²) in [6, 6.07) is 15.8. The lowest BCUT2D eigenvalue weighted by atomic mass is 10.1. The minimum Gasteiger partial charge on any atom is -0.488 e. The number of ether oxygens (including phenoxy) is 2. The summed E-state index contributed by atoms with van der Waals surface area (Å²) in [7, 11) is 0. The molecule has 0 radical (unpaired) electrons. The zero-order valence-electron chi connectivity index (χ0n) is 24.5. The number of benzene rings is 2. The molecular formula is C34H39N3O6. The van der Waals surface area contributed by atoms with Crippen molar-refractivity contribution >= 4 is 34.9 Å². The average Bonchev–Trinajstić information content (AvgIpc) is 3.44. The Labute approximate surface area is 251 Å². The number of hydrogen-bond donors (Lipinski definition) is 2. The molecule has 9 nitrogen and oxygen atoms in total. The third-order valence-electron chi connectivity index (χ3n) is 7.98. The van der Waals surface area contributed by atoms with Crippen LogP contribution in [0.25, 0.3) is 28.2 Å². The van der Waals surface area contributed by atoms with E-state index in [2.05, 4.69) is 17.5 Å². The summed E-state index contributed by atoms with van der Waals surface area (Å²) in [6.45, 7) is 2.34. The van der Waals surface area contributed by atoms with E-state index in [0.29, 0.717) is 18.6 Å². The molecule has 4 bridgehead atoms. The first-order valence-electron chi connectivity index (χ1n) is 15.2. The zero-order valence-corrected chi connectivity index (χ0v) is 24.5. The Balaban J connectivity index is 1.52. The van der Waals surface area contributed by atoms with E-state index >= 15 is 0 Å². The molecule has 0 saturated carbocycles. The zero-order chi connectivity index (χ0) is 30.2. The fraction of sp³-hybridized carbons (Fsp3) is 0.412. The van der Waals surface area contributed by atoms with Gasteiger partial charge in [-0.05, 0) is 49.8 Å². The number of hydrogen-bond acceptors (Lipinski definition) is 6. The van der Waals surface area contributed by atoms with Crippen LogP contribution in [-0.4, -0.2) is 64.3 Å². The number of nitrogens with one attached hydrogen (secondary N) is 1.